The van der Waals surface area contributed by atoms with Crippen molar-refractivity contribution in [3.63, 3.8) is 0 Å². The fourth-order valence-corrected chi connectivity index (χ4v) is 6.04. The fourth-order valence-electron chi connectivity index (χ4n) is 4.87. The van der Waals surface area contributed by atoms with Crippen molar-refractivity contribution in [3.8, 4) is 17.2 Å². The van der Waals surface area contributed by atoms with Crippen molar-refractivity contribution in [2.75, 3.05) is 20.3 Å². The van der Waals surface area contributed by atoms with Crippen molar-refractivity contribution in [3.05, 3.63) is 119 Å². The van der Waals surface area contributed by atoms with E-state index >= 15 is 0 Å². The van der Waals surface area contributed by atoms with Crippen LogP contribution in [-0.2, 0) is 16.1 Å². The molecular formula is C33H31ClN2O6S. The molecule has 5 rings (SSSR count). The summed E-state index contributed by atoms with van der Waals surface area (Å²) in [6.45, 7) is 6.36. The van der Waals surface area contributed by atoms with Crippen molar-refractivity contribution in [1.82, 2.24) is 4.57 Å². The first-order chi connectivity index (χ1) is 20.8. The van der Waals surface area contributed by atoms with Crippen molar-refractivity contribution in [2.45, 2.75) is 33.4 Å². The number of nitrogens with zero attached hydrogens (tertiary/aromatic N) is 2. The summed E-state index contributed by atoms with van der Waals surface area (Å²) < 4.78 is 24.9. The van der Waals surface area contributed by atoms with Gasteiger partial charge in [-0.25, -0.2) is 9.79 Å². The minimum Gasteiger partial charge on any atom is -0.494 e. The highest BCUT2D eigenvalue weighted by atomic mass is 35.5. The Morgan fingerprint density at radius 2 is 1.77 bits per heavy atom. The number of fused-ring (bicyclic) bond motifs is 1. The Balaban J connectivity index is 1.56. The van der Waals surface area contributed by atoms with Gasteiger partial charge >= 0.3 is 5.97 Å². The number of carbonyl (C=O) groups is 1. The molecule has 3 aromatic carbocycles. The number of thiazole rings is 1. The smallest absolute Gasteiger partial charge is 0.338 e. The fraction of sp³-hybridized carbons (Fsp3) is 0.242. The Kier molecular flexibility index (Phi) is 9.33. The molecule has 0 saturated carbocycles. The molecule has 0 N–H and O–H groups in total. The molecule has 0 radical (unpaired) electrons. The number of benzene rings is 3. The van der Waals surface area contributed by atoms with Crippen LogP contribution in [0.1, 0.15) is 43.5 Å². The van der Waals surface area contributed by atoms with E-state index in [9.17, 15) is 9.59 Å². The van der Waals surface area contributed by atoms with Crippen LogP contribution in [0.5, 0.6) is 17.2 Å². The lowest BCUT2D eigenvalue weighted by atomic mass is 9.95. The number of allylic oxidation sites excluding steroid dienone is 1. The monoisotopic (exact) mass is 618 g/mol. The van der Waals surface area contributed by atoms with Crippen LogP contribution in [-0.4, -0.2) is 30.9 Å². The highest BCUT2D eigenvalue weighted by molar-refractivity contribution is 7.07. The molecule has 1 aliphatic rings. The predicted molar refractivity (Wildman–Crippen MR) is 167 cm³/mol. The maximum atomic E-state index is 14.0. The molecule has 222 valence electrons. The van der Waals surface area contributed by atoms with E-state index in [0.717, 1.165) is 11.1 Å². The van der Waals surface area contributed by atoms with E-state index in [1.54, 1.807) is 31.6 Å². The average Bonchev–Trinajstić information content (AvgIpc) is 3.30. The molecule has 4 aromatic rings. The van der Waals surface area contributed by atoms with E-state index in [-0.39, 0.29) is 12.2 Å². The summed E-state index contributed by atoms with van der Waals surface area (Å²) in [4.78, 5) is 32.4. The molecule has 10 heteroatoms. The summed E-state index contributed by atoms with van der Waals surface area (Å²) in [6.07, 6.45) is 1.78. The molecule has 0 fully saturated rings. The summed E-state index contributed by atoms with van der Waals surface area (Å²) in [5.74, 6) is 1.16. The number of hydrogen-bond acceptors (Lipinski definition) is 8. The summed E-state index contributed by atoms with van der Waals surface area (Å²) in [7, 11) is 1.57. The molecule has 8 nitrogen and oxygen atoms in total. The topological polar surface area (TPSA) is 88.4 Å². The Bertz CT molecular complexity index is 1860. The second-order valence-electron chi connectivity index (χ2n) is 9.60. The van der Waals surface area contributed by atoms with Gasteiger partial charge in [-0.1, -0.05) is 59.3 Å². The summed E-state index contributed by atoms with van der Waals surface area (Å²) in [5.41, 5.74) is 2.90. The minimum absolute atomic E-state index is 0.196. The van der Waals surface area contributed by atoms with E-state index in [1.165, 1.54) is 11.3 Å². The second kappa shape index (κ2) is 13.3. The van der Waals surface area contributed by atoms with Crippen molar-refractivity contribution in [1.29, 1.82) is 0 Å². The Labute approximate surface area is 258 Å². The molecule has 43 heavy (non-hydrogen) atoms. The average molecular weight is 619 g/mol. The van der Waals surface area contributed by atoms with Crippen LogP contribution in [0, 0.1) is 0 Å². The van der Waals surface area contributed by atoms with Crippen LogP contribution in [0.15, 0.2) is 87.8 Å². The molecule has 2 heterocycles. The molecule has 0 aliphatic carbocycles. The normalized spacial score (nSPS) is 14.6. The van der Waals surface area contributed by atoms with Crippen molar-refractivity contribution in [2.24, 2.45) is 4.99 Å². The van der Waals surface area contributed by atoms with Gasteiger partial charge in [-0.3, -0.25) is 9.36 Å². The quantitative estimate of drug-likeness (QED) is 0.220. The van der Waals surface area contributed by atoms with Crippen LogP contribution < -0.4 is 29.1 Å². The van der Waals surface area contributed by atoms with E-state index in [0.29, 0.717) is 61.7 Å². The first-order valence-corrected chi connectivity index (χ1v) is 15.0. The van der Waals surface area contributed by atoms with Crippen LogP contribution in [0.4, 0.5) is 0 Å². The molecule has 0 saturated heterocycles. The van der Waals surface area contributed by atoms with E-state index in [4.69, 9.17) is 30.5 Å². The van der Waals surface area contributed by atoms with Crippen LogP contribution >= 0.6 is 22.9 Å². The molecule has 0 spiro atoms. The lowest BCUT2D eigenvalue weighted by Gasteiger charge is -2.26. The third-order valence-corrected chi connectivity index (χ3v) is 8.06. The number of esters is 1. The van der Waals surface area contributed by atoms with E-state index < -0.39 is 12.0 Å². The zero-order valence-corrected chi connectivity index (χ0v) is 25.8. The number of rotatable bonds is 10. The van der Waals surface area contributed by atoms with E-state index in [2.05, 4.69) is 4.99 Å². The number of halogens is 1. The Morgan fingerprint density at radius 3 is 2.49 bits per heavy atom. The van der Waals surface area contributed by atoms with Crippen molar-refractivity contribution < 1.29 is 23.7 Å². The molecule has 0 unspecified atom stereocenters. The summed E-state index contributed by atoms with van der Waals surface area (Å²) >= 11 is 7.23. The molecule has 1 atom stereocenters. The number of aromatic nitrogens is 1. The third kappa shape index (κ3) is 6.38. The zero-order valence-electron chi connectivity index (χ0n) is 24.3. The van der Waals surface area contributed by atoms with Crippen molar-refractivity contribution >= 4 is 35.0 Å². The van der Waals surface area contributed by atoms with Crippen LogP contribution in [0.25, 0.3) is 6.08 Å². The lowest BCUT2D eigenvalue weighted by molar-refractivity contribution is -0.139. The first kappa shape index (κ1) is 30.1. The van der Waals surface area contributed by atoms with E-state index in [1.807, 2.05) is 73.7 Å². The minimum atomic E-state index is -0.765. The lowest BCUT2D eigenvalue weighted by Crippen LogP contribution is -2.40. The maximum Gasteiger partial charge on any atom is 0.338 e. The molecule has 0 bridgehead atoms. The van der Waals surface area contributed by atoms with Gasteiger partial charge in [0.1, 0.15) is 18.4 Å². The van der Waals surface area contributed by atoms with Gasteiger partial charge < -0.3 is 18.9 Å². The highest BCUT2D eigenvalue weighted by Gasteiger charge is 2.35. The van der Waals surface area contributed by atoms with Crippen LogP contribution in [0.3, 0.4) is 0 Å². The van der Waals surface area contributed by atoms with Gasteiger partial charge in [0.25, 0.3) is 5.56 Å². The van der Waals surface area contributed by atoms with Gasteiger partial charge in [-0.05, 0) is 68.3 Å². The number of para-hydroxylation sites is 1. The molecule has 1 aliphatic heterocycles. The molecular weight excluding hydrogens is 588 g/mol. The standard InChI is InChI=1S/C33H31ClN2O6S/c1-5-40-25-10-8-7-9-24(25)30-29(32(38)41-6-2)20(3)35-33-36(30)31(37)28(43-33)18-22-13-16-26(27(17-22)39-4)42-19-21-11-14-23(34)15-12-21/h7-18,30H,5-6,19H2,1-4H3/b28-18-/t30-/m1/s1. The van der Waals surface area contributed by atoms with Gasteiger partial charge in [0.05, 0.1) is 36.1 Å². The SMILES string of the molecule is CCOC(=O)C1=C(C)N=c2s/c(=C\c3ccc(OCc4ccc(Cl)cc4)c(OC)c3)c(=O)n2[C@@H]1c1ccccc1OCC. The maximum absolute atomic E-state index is 14.0. The zero-order chi connectivity index (χ0) is 30.5. The highest BCUT2D eigenvalue weighted by Crippen LogP contribution is 2.36. The number of hydrogen-bond donors (Lipinski definition) is 0. The number of methoxy groups -OCH3 is 1. The van der Waals surface area contributed by atoms with Gasteiger partial charge in [-0.2, -0.15) is 0 Å². The summed E-state index contributed by atoms with van der Waals surface area (Å²) in [6, 6.07) is 19.5. The van der Waals surface area contributed by atoms with Gasteiger partial charge in [0.15, 0.2) is 16.3 Å². The molecule has 1 aromatic heterocycles. The summed E-state index contributed by atoms with van der Waals surface area (Å²) in [5, 5.41) is 0.660. The predicted octanol–water partition coefficient (Wildman–Crippen LogP) is 5.44. The first-order valence-electron chi connectivity index (χ1n) is 13.8. The van der Waals surface area contributed by atoms with Crippen LogP contribution in [0.2, 0.25) is 5.02 Å². The molecule has 0 amide bonds. The van der Waals surface area contributed by atoms with Gasteiger partial charge in [-0.15, -0.1) is 0 Å². The van der Waals surface area contributed by atoms with Gasteiger partial charge in [0, 0.05) is 10.6 Å². The Hall–Kier alpha value is -4.34. The Morgan fingerprint density at radius 1 is 1.00 bits per heavy atom. The van der Waals surface area contributed by atoms with Gasteiger partial charge in [0.2, 0.25) is 0 Å². The number of carbonyl (C=O) groups excluding carboxylic acids is 1. The second-order valence-corrected chi connectivity index (χ2v) is 11.0. The largest absolute Gasteiger partial charge is 0.494 e. The third-order valence-electron chi connectivity index (χ3n) is 6.82. The number of ether oxygens (including phenoxy) is 4.